The Morgan fingerprint density at radius 3 is 2.60 bits per heavy atom. The molecule has 11 heteroatoms. The lowest BCUT2D eigenvalue weighted by atomic mass is 9.96. The summed E-state index contributed by atoms with van der Waals surface area (Å²) >= 11 is 0. The number of hydrogen-bond donors (Lipinski definition) is 3. The zero-order chi connectivity index (χ0) is 18.6. The first-order chi connectivity index (χ1) is 11.6. The van der Waals surface area contributed by atoms with Gasteiger partial charge < -0.3 is 29.4 Å². The molecule has 0 aromatic carbocycles. The Morgan fingerprint density at radius 2 is 2.08 bits per heavy atom. The van der Waals surface area contributed by atoms with Crippen LogP contribution >= 0.6 is 0 Å². The van der Waals surface area contributed by atoms with E-state index >= 15 is 0 Å². The Morgan fingerprint density at radius 1 is 1.40 bits per heavy atom. The highest BCUT2D eigenvalue weighted by Gasteiger charge is 2.54. The van der Waals surface area contributed by atoms with E-state index in [0.29, 0.717) is 6.20 Å². The van der Waals surface area contributed by atoms with Crippen molar-refractivity contribution >= 4 is 11.0 Å². The smallest absolute Gasteiger partial charge is 0.418 e. The van der Waals surface area contributed by atoms with Crippen molar-refractivity contribution in [3.63, 3.8) is 0 Å². The van der Waals surface area contributed by atoms with E-state index in [9.17, 15) is 28.5 Å². The summed E-state index contributed by atoms with van der Waals surface area (Å²) in [6, 6.07) is 0. The normalized spacial score (nSPS) is 30.2. The van der Waals surface area contributed by atoms with Crippen molar-refractivity contribution in [1.29, 1.82) is 0 Å². The van der Waals surface area contributed by atoms with Crippen molar-refractivity contribution in [3.8, 4) is 5.88 Å². The van der Waals surface area contributed by atoms with Crippen LogP contribution in [0.5, 0.6) is 5.88 Å². The Balaban J connectivity index is 2.25. The van der Waals surface area contributed by atoms with E-state index < -0.39 is 42.4 Å². The Kier molecular flexibility index (Phi) is 4.14. The number of alkyl halides is 3. The maximum atomic E-state index is 13.4. The first-order valence-electron chi connectivity index (χ1n) is 7.26. The van der Waals surface area contributed by atoms with Crippen molar-refractivity contribution in [2.45, 2.75) is 37.1 Å². The van der Waals surface area contributed by atoms with Crippen molar-refractivity contribution < 1.29 is 38.0 Å². The van der Waals surface area contributed by atoms with Crippen LogP contribution in [0.4, 0.5) is 13.2 Å². The summed E-state index contributed by atoms with van der Waals surface area (Å²) in [5.41, 5.74) is -3.21. The van der Waals surface area contributed by atoms with Crippen LogP contribution in [-0.4, -0.2) is 61.4 Å². The van der Waals surface area contributed by atoms with Gasteiger partial charge in [-0.3, -0.25) is 0 Å². The van der Waals surface area contributed by atoms with Crippen molar-refractivity contribution in [2.24, 2.45) is 0 Å². The predicted molar refractivity (Wildman–Crippen MR) is 76.7 cm³/mol. The molecule has 0 spiro atoms. The predicted octanol–water partition coefficient (Wildman–Crippen LogP) is 0.460. The number of halogens is 3. The minimum Gasteiger partial charge on any atom is -0.480 e. The summed E-state index contributed by atoms with van der Waals surface area (Å²) in [6.07, 6.45) is -7.07. The number of nitrogens with zero attached hydrogens (tertiary/aromatic N) is 3. The van der Waals surface area contributed by atoms with Gasteiger partial charge in [-0.15, -0.1) is 0 Å². The molecular formula is C14H16F3N3O5. The first-order valence-corrected chi connectivity index (χ1v) is 7.26. The molecule has 1 fully saturated rings. The average molecular weight is 363 g/mol. The quantitative estimate of drug-likeness (QED) is 0.727. The molecule has 0 saturated carbocycles. The maximum absolute atomic E-state index is 13.4. The van der Waals surface area contributed by atoms with E-state index in [-0.39, 0.29) is 16.9 Å². The fourth-order valence-electron chi connectivity index (χ4n) is 3.00. The van der Waals surface area contributed by atoms with Crippen LogP contribution in [0.3, 0.4) is 0 Å². The summed E-state index contributed by atoms with van der Waals surface area (Å²) in [7, 11) is 1.17. The topological polar surface area (TPSA) is 110 Å². The number of rotatable bonds is 3. The molecule has 3 rings (SSSR count). The van der Waals surface area contributed by atoms with Crippen LogP contribution in [0.2, 0.25) is 0 Å². The fourth-order valence-corrected chi connectivity index (χ4v) is 3.00. The van der Waals surface area contributed by atoms with Crippen LogP contribution in [0.25, 0.3) is 11.0 Å². The fraction of sp³-hybridized carbons (Fsp3) is 0.571. The third kappa shape index (κ3) is 2.63. The SMILES string of the molecule is COc1ncnc2c1c(C(F)(F)F)cn2[C@@H]1OC(CO)[C@H](O)C1(C)O. The van der Waals surface area contributed by atoms with Gasteiger partial charge in [-0.1, -0.05) is 0 Å². The number of hydrogen-bond acceptors (Lipinski definition) is 7. The van der Waals surface area contributed by atoms with Crippen LogP contribution in [0, 0.1) is 0 Å². The highest BCUT2D eigenvalue weighted by atomic mass is 19.4. The largest absolute Gasteiger partial charge is 0.480 e. The van der Waals surface area contributed by atoms with Crippen LogP contribution in [0.1, 0.15) is 18.7 Å². The van der Waals surface area contributed by atoms with E-state index in [0.717, 1.165) is 10.9 Å². The van der Waals surface area contributed by atoms with Gasteiger partial charge in [0.15, 0.2) is 6.23 Å². The number of aliphatic hydroxyl groups is 3. The van der Waals surface area contributed by atoms with Gasteiger partial charge in [-0.2, -0.15) is 13.2 Å². The van der Waals surface area contributed by atoms with Gasteiger partial charge in [0.05, 0.1) is 24.7 Å². The zero-order valence-electron chi connectivity index (χ0n) is 13.2. The average Bonchev–Trinajstić information content (AvgIpc) is 3.03. The molecular weight excluding hydrogens is 347 g/mol. The van der Waals surface area contributed by atoms with Crippen molar-refractivity contribution in [3.05, 3.63) is 18.1 Å². The number of ether oxygens (including phenoxy) is 2. The second-order valence-corrected chi connectivity index (χ2v) is 5.91. The molecule has 4 atom stereocenters. The molecule has 2 aromatic heterocycles. The monoisotopic (exact) mass is 363 g/mol. The van der Waals surface area contributed by atoms with Gasteiger partial charge in [-0.05, 0) is 6.92 Å². The van der Waals surface area contributed by atoms with E-state index in [4.69, 9.17) is 9.47 Å². The van der Waals surface area contributed by atoms with Gasteiger partial charge in [-0.25, -0.2) is 9.97 Å². The summed E-state index contributed by atoms with van der Waals surface area (Å²) in [5.74, 6) is -0.284. The van der Waals surface area contributed by atoms with Gasteiger partial charge in [0.2, 0.25) is 5.88 Å². The van der Waals surface area contributed by atoms with Gasteiger partial charge in [0, 0.05) is 6.20 Å². The minimum absolute atomic E-state index is 0.185. The van der Waals surface area contributed by atoms with Crippen molar-refractivity contribution in [1.82, 2.24) is 14.5 Å². The Bertz CT molecular complexity index is 792. The molecule has 0 aliphatic carbocycles. The molecule has 25 heavy (non-hydrogen) atoms. The minimum atomic E-state index is -4.74. The third-order valence-electron chi connectivity index (χ3n) is 4.26. The number of methoxy groups -OCH3 is 1. The summed E-state index contributed by atoms with van der Waals surface area (Å²) < 4.78 is 51.5. The molecule has 3 heterocycles. The first kappa shape index (κ1) is 17.9. The van der Waals surface area contributed by atoms with Crippen LogP contribution < -0.4 is 4.74 Å². The van der Waals surface area contributed by atoms with Crippen LogP contribution in [0.15, 0.2) is 12.5 Å². The maximum Gasteiger partial charge on any atom is 0.418 e. The molecule has 2 unspecified atom stereocenters. The molecule has 1 aliphatic rings. The highest BCUT2D eigenvalue weighted by molar-refractivity contribution is 5.86. The second-order valence-electron chi connectivity index (χ2n) is 5.91. The van der Waals surface area contributed by atoms with Crippen LogP contribution in [-0.2, 0) is 10.9 Å². The van der Waals surface area contributed by atoms with E-state index in [1.54, 1.807) is 0 Å². The van der Waals surface area contributed by atoms with Crippen molar-refractivity contribution in [2.75, 3.05) is 13.7 Å². The number of aliphatic hydroxyl groups excluding tert-OH is 2. The molecule has 0 bridgehead atoms. The van der Waals surface area contributed by atoms with Gasteiger partial charge >= 0.3 is 6.18 Å². The third-order valence-corrected chi connectivity index (χ3v) is 4.26. The zero-order valence-corrected chi connectivity index (χ0v) is 13.2. The molecule has 0 amide bonds. The summed E-state index contributed by atoms with van der Waals surface area (Å²) in [5, 5.41) is 29.4. The molecule has 3 N–H and O–H groups in total. The summed E-state index contributed by atoms with van der Waals surface area (Å²) in [4.78, 5) is 7.53. The molecule has 8 nitrogen and oxygen atoms in total. The highest BCUT2D eigenvalue weighted by Crippen LogP contribution is 2.44. The lowest BCUT2D eigenvalue weighted by Crippen LogP contribution is -2.44. The molecule has 1 aliphatic heterocycles. The van der Waals surface area contributed by atoms with E-state index in [1.807, 2.05) is 0 Å². The number of aromatic nitrogens is 3. The molecule has 138 valence electrons. The van der Waals surface area contributed by atoms with Gasteiger partial charge in [0.25, 0.3) is 0 Å². The Hall–Kier alpha value is -1.95. The number of fused-ring (bicyclic) bond motifs is 1. The Labute approximate surface area is 139 Å². The second kappa shape index (κ2) is 5.80. The standard InChI is InChI=1S/C14H16F3N3O5/c1-13(23)9(22)7(4-21)25-12(13)20-3-6(14(15,16)17)8-10(20)18-5-19-11(8)24-2/h3,5,7,9,12,21-23H,4H2,1-2H3/t7?,9-,12+,13?/m0/s1. The summed E-state index contributed by atoms with van der Waals surface area (Å²) in [6.45, 7) is 0.590. The molecule has 0 radical (unpaired) electrons. The lowest BCUT2D eigenvalue weighted by Gasteiger charge is -2.27. The lowest BCUT2D eigenvalue weighted by molar-refractivity contribution is -0.137. The van der Waals surface area contributed by atoms with Gasteiger partial charge in [0.1, 0.15) is 29.8 Å². The van der Waals surface area contributed by atoms with E-state index in [1.165, 1.54) is 14.0 Å². The molecule has 1 saturated heterocycles. The van der Waals surface area contributed by atoms with E-state index in [2.05, 4.69) is 9.97 Å². The molecule has 2 aromatic rings.